The summed E-state index contributed by atoms with van der Waals surface area (Å²) in [5.41, 5.74) is 1.27. The van der Waals surface area contributed by atoms with Crippen molar-refractivity contribution in [3.63, 3.8) is 0 Å². The predicted octanol–water partition coefficient (Wildman–Crippen LogP) is 3.31. The number of hydrogen-bond donors (Lipinski definition) is 3. The molecule has 1 atom stereocenters. The molecule has 2 aliphatic rings. The average Bonchev–Trinajstić information content (AvgIpc) is 3.24. The predicted molar refractivity (Wildman–Crippen MR) is 129 cm³/mol. The number of methoxy groups -OCH3 is 1. The summed E-state index contributed by atoms with van der Waals surface area (Å²) >= 11 is 0. The Morgan fingerprint density at radius 2 is 1.97 bits per heavy atom. The van der Waals surface area contributed by atoms with Crippen LogP contribution in [0.3, 0.4) is 0 Å². The van der Waals surface area contributed by atoms with Crippen molar-refractivity contribution < 1.29 is 9.84 Å². The van der Waals surface area contributed by atoms with Gasteiger partial charge in [-0.25, -0.2) is 0 Å². The number of ether oxygens (including phenoxy) is 1. The van der Waals surface area contributed by atoms with Gasteiger partial charge in [0.15, 0.2) is 5.96 Å². The monoisotopic (exact) mass is 516 g/mol. The molecule has 29 heavy (non-hydrogen) atoms. The average molecular weight is 516 g/mol. The molecule has 3 N–H and O–H groups in total. The van der Waals surface area contributed by atoms with Crippen LogP contribution in [0.25, 0.3) is 0 Å². The zero-order valence-electron chi connectivity index (χ0n) is 17.8. The van der Waals surface area contributed by atoms with Crippen molar-refractivity contribution in [2.75, 3.05) is 33.3 Å². The summed E-state index contributed by atoms with van der Waals surface area (Å²) in [4.78, 5) is 7.49. The van der Waals surface area contributed by atoms with E-state index in [1.165, 1.54) is 18.4 Å². The second kappa shape index (κ2) is 12.6. The van der Waals surface area contributed by atoms with E-state index in [-0.39, 0.29) is 36.1 Å². The molecule has 1 aromatic rings. The summed E-state index contributed by atoms with van der Waals surface area (Å²) in [7, 11) is 1.72. The van der Waals surface area contributed by atoms with E-state index < -0.39 is 0 Å². The van der Waals surface area contributed by atoms with Crippen LogP contribution in [-0.4, -0.2) is 61.4 Å². The maximum absolute atomic E-state index is 9.74. The first-order valence-corrected chi connectivity index (χ1v) is 10.8. The third-order valence-electron chi connectivity index (χ3n) is 5.86. The van der Waals surface area contributed by atoms with E-state index in [9.17, 15) is 5.11 Å². The Bertz CT molecular complexity index is 629. The van der Waals surface area contributed by atoms with Gasteiger partial charge in [-0.1, -0.05) is 12.1 Å². The third kappa shape index (κ3) is 7.29. The molecule has 0 bridgehead atoms. The van der Waals surface area contributed by atoms with E-state index in [1.807, 2.05) is 6.07 Å². The van der Waals surface area contributed by atoms with Crippen molar-refractivity contribution in [1.82, 2.24) is 15.5 Å². The molecule has 1 aliphatic heterocycles. The normalized spacial score (nSPS) is 23.9. The van der Waals surface area contributed by atoms with Crippen LogP contribution in [0.1, 0.15) is 57.1 Å². The van der Waals surface area contributed by atoms with Crippen LogP contribution in [0.4, 0.5) is 0 Å². The molecule has 0 spiro atoms. The molecule has 1 saturated carbocycles. The van der Waals surface area contributed by atoms with Gasteiger partial charge in [0.25, 0.3) is 0 Å². The number of hydrogen-bond acceptors (Lipinski definition) is 4. The highest BCUT2D eigenvalue weighted by Crippen LogP contribution is 2.28. The van der Waals surface area contributed by atoms with E-state index in [2.05, 4.69) is 40.7 Å². The quantitative estimate of drug-likeness (QED) is 0.295. The Hall–Kier alpha value is -1.06. The zero-order chi connectivity index (χ0) is 19.8. The summed E-state index contributed by atoms with van der Waals surface area (Å²) < 4.78 is 5.44. The molecule has 1 aliphatic carbocycles. The highest BCUT2D eigenvalue weighted by Gasteiger charge is 2.24. The summed E-state index contributed by atoms with van der Waals surface area (Å²) in [6, 6.07) is 9.05. The standard InChI is InChI=1S/C22H36N4O2.HI/c1-3-23-22(25-18-9-11-19(27)12-10-18)24-16-21(26-13-4-5-14-26)17-7-6-8-20(15-17)28-2;/h6-8,15,18-19,21,27H,3-5,9-14,16H2,1-2H3,(H2,23,24,25);1H. The number of nitrogens with zero attached hydrogens (tertiary/aromatic N) is 2. The second-order valence-corrected chi connectivity index (χ2v) is 7.90. The van der Waals surface area contributed by atoms with Crippen LogP contribution in [0, 0.1) is 0 Å². The fourth-order valence-corrected chi connectivity index (χ4v) is 4.25. The molecule has 0 aromatic heterocycles. The van der Waals surface area contributed by atoms with Gasteiger partial charge in [-0.2, -0.15) is 0 Å². The molecule has 1 saturated heterocycles. The Morgan fingerprint density at radius 3 is 2.62 bits per heavy atom. The highest BCUT2D eigenvalue weighted by molar-refractivity contribution is 14.0. The van der Waals surface area contributed by atoms with Crippen molar-refractivity contribution >= 4 is 29.9 Å². The summed E-state index contributed by atoms with van der Waals surface area (Å²) in [5, 5.41) is 16.7. The van der Waals surface area contributed by atoms with Gasteiger partial charge in [0, 0.05) is 12.6 Å². The van der Waals surface area contributed by atoms with Gasteiger partial charge in [-0.05, 0) is 76.2 Å². The van der Waals surface area contributed by atoms with E-state index in [0.717, 1.165) is 63.6 Å². The smallest absolute Gasteiger partial charge is 0.191 e. The van der Waals surface area contributed by atoms with Gasteiger partial charge in [-0.3, -0.25) is 9.89 Å². The lowest BCUT2D eigenvalue weighted by molar-refractivity contribution is 0.120. The van der Waals surface area contributed by atoms with Crippen molar-refractivity contribution in [1.29, 1.82) is 0 Å². The van der Waals surface area contributed by atoms with Gasteiger partial charge in [0.05, 0.1) is 25.8 Å². The number of aliphatic hydroxyl groups excluding tert-OH is 1. The largest absolute Gasteiger partial charge is 0.497 e. The van der Waals surface area contributed by atoms with E-state index in [4.69, 9.17) is 9.73 Å². The van der Waals surface area contributed by atoms with Crippen LogP contribution < -0.4 is 15.4 Å². The van der Waals surface area contributed by atoms with Gasteiger partial charge in [-0.15, -0.1) is 24.0 Å². The first-order chi connectivity index (χ1) is 13.7. The lowest BCUT2D eigenvalue weighted by atomic mass is 9.93. The van der Waals surface area contributed by atoms with Crippen LogP contribution in [0.15, 0.2) is 29.3 Å². The van der Waals surface area contributed by atoms with Crippen LogP contribution in [0.2, 0.25) is 0 Å². The van der Waals surface area contributed by atoms with Crippen molar-refractivity contribution in [2.24, 2.45) is 4.99 Å². The minimum absolute atomic E-state index is 0. The molecular formula is C22H37IN4O2. The Labute approximate surface area is 192 Å². The molecule has 1 aromatic carbocycles. The number of nitrogens with one attached hydrogen (secondary N) is 2. The minimum atomic E-state index is -0.134. The molecule has 1 unspecified atom stereocenters. The number of aliphatic hydroxyl groups is 1. The van der Waals surface area contributed by atoms with Gasteiger partial charge < -0.3 is 20.5 Å². The second-order valence-electron chi connectivity index (χ2n) is 7.90. The lowest BCUT2D eigenvalue weighted by Crippen LogP contribution is -2.45. The van der Waals surface area contributed by atoms with Crippen LogP contribution in [0.5, 0.6) is 5.75 Å². The fourth-order valence-electron chi connectivity index (χ4n) is 4.25. The molecule has 0 amide bonds. The van der Waals surface area contributed by atoms with Crippen molar-refractivity contribution in [3.8, 4) is 5.75 Å². The first kappa shape index (κ1) is 24.2. The number of guanidine groups is 1. The lowest BCUT2D eigenvalue weighted by Gasteiger charge is -2.29. The molecular weight excluding hydrogens is 479 g/mol. The molecule has 2 fully saturated rings. The fraction of sp³-hybridized carbons (Fsp3) is 0.682. The molecule has 0 radical (unpaired) electrons. The number of halogens is 1. The zero-order valence-corrected chi connectivity index (χ0v) is 20.1. The number of aliphatic imine (C=N–C) groups is 1. The number of rotatable bonds is 7. The first-order valence-electron chi connectivity index (χ1n) is 10.8. The van der Waals surface area contributed by atoms with Gasteiger partial charge in [0.2, 0.25) is 0 Å². The summed E-state index contributed by atoms with van der Waals surface area (Å²) in [5.74, 6) is 1.78. The van der Waals surface area contributed by atoms with E-state index in [1.54, 1.807) is 7.11 Å². The minimum Gasteiger partial charge on any atom is -0.497 e. The SMILES string of the molecule is CCNC(=NCC(c1cccc(OC)c1)N1CCCC1)NC1CCC(O)CC1.I. The topological polar surface area (TPSA) is 69.1 Å². The van der Waals surface area contributed by atoms with E-state index in [0.29, 0.717) is 6.04 Å². The third-order valence-corrected chi connectivity index (χ3v) is 5.86. The maximum atomic E-state index is 9.74. The van der Waals surface area contributed by atoms with E-state index >= 15 is 0 Å². The summed E-state index contributed by atoms with van der Waals surface area (Å²) in [6.07, 6.45) is 6.12. The number of likely N-dealkylation sites (tertiary alicyclic amines) is 1. The molecule has 164 valence electrons. The van der Waals surface area contributed by atoms with Crippen molar-refractivity contribution in [2.45, 2.75) is 63.6 Å². The van der Waals surface area contributed by atoms with Crippen LogP contribution in [-0.2, 0) is 0 Å². The Morgan fingerprint density at radius 1 is 1.24 bits per heavy atom. The maximum Gasteiger partial charge on any atom is 0.191 e. The van der Waals surface area contributed by atoms with Gasteiger partial charge >= 0.3 is 0 Å². The molecule has 6 nitrogen and oxygen atoms in total. The molecule has 1 heterocycles. The Balaban J connectivity index is 0.00000300. The highest BCUT2D eigenvalue weighted by atomic mass is 127. The van der Waals surface area contributed by atoms with Crippen molar-refractivity contribution in [3.05, 3.63) is 29.8 Å². The summed E-state index contributed by atoms with van der Waals surface area (Å²) in [6.45, 7) is 5.91. The Kier molecular flexibility index (Phi) is 10.5. The van der Waals surface area contributed by atoms with Gasteiger partial charge in [0.1, 0.15) is 5.75 Å². The van der Waals surface area contributed by atoms with Crippen LogP contribution >= 0.6 is 24.0 Å². The molecule has 3 rings (SSSR count). The molecule has 7 heteroatoms. The number of benzene rings is 1.